The number of anilines is 1. The van der Waals surface area contributed by atoms with Gasteiger partial charge in [0.25, 0.3) is 0 Å². The number of rotatable bonds is 6. The molecular formula is C14H21N5O. The van der Waals surface area contributed by atoms with Gasteiger partial charge in [0.05, 0.1) is 18.5 Å². The number of imidazole rings is 1. The summed E-state index contributed by atoms with van der Waals surface area (Å²) in [5, 5.41) is 10.0. The van der Waals surface area contributed by atoms with Crippen LogP contribution in [0.1, 0.15) is 39.2 Å². The highest BCUT2D eigenvalue weighted by Gasteiger charge is 2.19. The summed E-state index contributed by atoms with van der Waals surface area (Å²) in [6.07, 6.45) is 9.71. The molecule has 6 heteroatoms. The lowest BCUT2D eigenvalue weighted by molar-refractivity contribution is 0.132. The highest BCUT2D eigenvalue weighted by molar-refractivity contribution is 5.81. The minimum Gasteiger partial charge on any atom is -0.391 e. The average molecular weight is 275 g/mol. The van der Waals surface area contributed by atoms with Crippen LogP contribution < -0.4 is 5.73 Å². The van der Waals surface area contributed by atoms with E-state index in [0.717, 1.165) is 19.3 Å². The number of nitrogens with two attached hydrogens (primary N) is 1. The van der Waals surface area contributed by atoms with Gasteiger partial charge in [-0.25, -0.2) is 15.0 Å². The highest BCUT2D eigenvalue weighted by Crippen LogP contribution is 2.23. The van der Waals surface area contributed by atoms with Gasteiger partial charge in [0, 0.05) is 0 Å². The summed E-state index contributed by atoms with van der Waals surface area (Å²) in [4.78, 5) is 12.4. The fourth-order valence-corrected chi connectivity index (χ4v) is 2.18. The maximum atomic E-state index is 10.0. The van der Waals surface area contributed by atoms with E-state index in [9.17, 15) is 5.11 Å². The number of unbranched alkanes of at least 4 members (excludes halogenated alkanes) is 1. The van der Waals surface area contributed by atoms with Crippen LogP contribution in [0, 0.1) is 0 Å². The first-order chi connectivity index (χ1) is 9.65. The van der Waals surface area contributed by atoms with Crippen molar-refractivity contribution in [2.75, 3.05) is 5.73 Å². The van der Waals surface area contributed by atoms with Crippen molar-refractivity contribution in [2.24, 2.45) is 0 Å². The van der Waals surface area contributed by atoms with Gasteiger partial charge in [-0.1, -0.05) is 25.5 Å². The van der Waals surface area contributed by atoms with Crippen LogP contribution >= 0.6 is 0 Å². The zero-order valence-corrected chi connectivity index (χ0v) is 11.9. The summed E-state index contributed by atoms with van der Waals surface area (Å²) in [5.41, 5.74) is 7.02. The summed E-state index contributed by atoms with van der Waals surface area (Å²) < 4.78 is 1.87. The van der Waals surface area contributed by atoms with Crippen molar-refractivity contribution >= 4 is 17.0 Å². The van der Waals surface area contributed by atoms with E-state index in [1.165, 1.54) is 6.33 Å². The number of hydrogen-bond donors (Lipinski definition) is 2. The molecule has 108 valence electrons. The minimum absolute atomic E-state index is 0.109. The second-order valence-corrected chi connectivity index (χ2v) is 4.89. The normalized spacial score (nSPS) is 14.9. The van der Waals surface area contributed by atoms with E-state index in [0.29, 0.717) is 17.0 Å². The van der Waals surface area contributed by atoms with Crippen molar-refractivity contribution in [1.82, 2.24) is 19.5 Å². The molecule has 0 aliphatic carbocycles. The van der Waals surface area contributed by atoms with Crippen molar-refractivity contribution in [2.45, 2.75) is 45.3 Å². The summed E-state index contributed by atoms with van der Waals surface area (Å²) in [5.74, 6) is 0.361. The zero-order chi connectivity index (χ0) is 14.5. The van der Waals surface area contributed by atoms with Gasteiger partial charge in [-0.3, -0.25) is 0 Å². The van der Waals surface area contributed by atoms with Crippen molar-refractivity contribution in [3.63, 3.8) is 0 Å². The SMILES string of the molecule is CCC/C=C/C[C@H]([C@H](C)O)n1cnc2c(N)ncnc21. The largest absolute Gasteiger partial charge is 0.391 e. The molecule has 0 bridgehead atoms. The molecule has 2 aromatic heterocycles. The van der Waals surface area contributed by atoms with Crippen molar-refractivity contribution in [3.8, 4) is 0 Å². The molecule has 0 amide bonds. The Morgan fingerprint density at radius 2 is 2.15 bits per heavy atom. The predicted octanol–water partition coefficient (Wildman–Crippen LogP) is 2.08. The molecule has 0 saturated heterocycles. The van der Waals surface area contributed by atoms with Gasteiger partial charge < -0.3 is 15.4 Å². The van der Waals surface area contributed by atoms with Crippen LogP contribution in [0.15, 0.2) is 24.8 Å². The van der Waals surface area contributed by atoms with Crippen molar-refractivity contribution in [3.05, 3.63) is 24.8 Å². The van der Waals surface area contributed by atoms with Gasteiger partial charge in [0.2, 0.25) is 0 Å². The summed E-state index contributed by atoms with van der Waals surface area (Å²) in [7, 11) is 0. The van der Waals surface area contributed by atoms with E-state index in [2.05, 4.69) is 34.0 Å². The molecule has 2 aromatic rings. The number of hydrogen-bond acceptors (Lipinski definition) is 5. The average Bonchev–Trinajstić information content (AvgIpc) is 2.84. The number of nitrogens with zero attached hydrogens (tertiary/aromatic N) is 4. The summed E-state index contributed by atoms with van der Waals surface area (Å²) in [6.45, 7) is 3.91. The van der Waals surface area contributed by atoms with Crippen LogP contribution in [-0.4, -0.2) is 30.7 Å². The molecule has 0 radical (unpaired) electrons. The lowest BCUT2D eigenvalue weighted by Gasteiger charge is -2.20. The van der Waals surface area contributed by atoms with Gasteiger partial charge >= 0.3 is 0 Å². The number of aromatic nitrogens is 4. The third kappa shape index (κ3) is 2.96. The molecule has 2 heterocycles. The van der Waals surface area contributed by atoms with Crippen LogP contribution in [0.3, 0.4) is 0 Å². The third-order valence-corrected chi connectivity index (χ3v) is 3.30. The molecule has 0 saturated carbocycles. The Labute approximate surface area is 118 Å². The summed E-state index contributed by atoms with van der Waals surface area (Å²) >= 11 is 0. The van der Waals surface area contributed by atoms with E-state index < -0.39 is 6.10 Å². The maximum absolute atomic E-state index is 10.0. The molecule has 0 fully saturated rings. The van der Waals surface area contributed by atoms with Crippen LogP contribution in [0.5, 0.6) is 0 Å². The molecule has 2 atom stereocenters. The monoisotopic (exact) mass is 275 g/mol. The number of aliphatic hydroxyl groups is 1. The fraction of sp³-hybridized carbons (Fsp3) is 0.500. The molecule has 0 unspecified atom stereocenters. The smallest absolute Gasteiger partial charge is 0.165 e. The molecule has 0 aliphatic heterocycles. The zero-order valence-electron chi connectivity index (χ0n) is 11.9. The van der Waals surface area contributed by atoms with Crippen LogP contribution in [-0.2, 0) is 0 Å². The van der Waals surface area contributed by atoms with Crippen molar-refractivity contribution < 1.29 is 5.11 Å². The molecule has 0 aromatic carbocycles. The Bertz CT molecular complexity index is 590. The van der Waals surface area contributed by atoms with E-state index in [4.69, 9.17) is 5.73 Å². The lowest BCUT2D eigenvalue weighted by Crippen LogP contribution is -2.20. The predicted molar refractivity (Wildman–Crippen MR) is 79.1 cm³/mol. The van der Waals surface area contributed by atoms with Crippen LogP contribution in [0.25, 0.3) is 11.2 Å². The number of aliphatic hydroxyl groups excluding tert-OH is 1. The minimum atomic E-state index is -0.505. The second kappa shape index (κ2) is 6.47. The Morgan fingerprint density at radius 1 is 1.35 bits per heavy atom. The standard InChI is InChI=1S/C14H21N5O/c1-3-4-5-6-7-11(10(2)20)19-9-18-12-13(15)16-8-17-14(12)19/h5-6,8-11,20H,3-4,7H2,1-2H3,(H2,15,16,17)/b6-5+/t10-,11+/m0/s1. The molecule has 20 heavy (non-hydrogen) atoms. The molecule has 6 nitrogen and oxygen atoms in total. The van der Waals surface area contributed by atoms with E-state index >= 15 is 0 Å². The molecule has 0 aliphatic rings. The van der Waals surface area contributed by atoms with Crippen molar-refractivity contribution in [1.29, 1.82) is 0 Å². The topological polar surface area (TPSA) is 89.8 Å². The highest BCUT2D eigenvalue weighted by atomic mass is 16.3. The molecule has 3 N–H and O–H groups in total. The van der Waals surface area contributed by atoms with Gasteiger partial charge in [0.1, 0.15) is 11.8 Å². The first-order valence-corrected chi connectivity index (χ1v) is 6.91. The van der Waals surface area contributed by atoms with Gasteiger partial charge in [0.15, 0.2) is 11.5 Å². The Morgan fingerprint density at radius 3 is 2.85 bits per heavy atom. The van der Waals surface area contributed by atoms with Crippen LogP contribution in [0.2, 0.25) is 0 Å². The second-order valence-electron chi connectivity index (χ2n) is 4.89. The maximum Gasteiger partial charge on any atom is 0.165 e. The van der Waals surface area contributed by atoms with Gasteiger partial charge in [-0.15, -0.1) is 0 Å². The fourth-order valence-electron chi connectivity index (χ4n) is 2.18. The molecule has 2 rings (SSSR count). The van der Waals surface area contributed by atoms with Gasteiger partial charge in [-0.05, 0) is 19.8 Å². The summed E-state index contributed by atoms with van der Waals surface area (Å²) in [6, 6.07) is -0.109. The van der Waals surface area contributed by atoms with Crippen LogP contribution in [0.4, 0.5) is 5.82 Å². The first kappa shape index (κ1) is 14.5. The van der Waals surface area contributed by atoms with E-state index in [-0.39, 0.29) is 6.04 Å². The number of allylic oxidation sites excluding steroid dienone is 2. The Hall–Kier alpha value is -1.95. The molecular weight excluding hydrogens is 254 g/mol. The quantitative estimate of drug-likeness (QED) is 0.788. The number of nitrogen functional groups attached to an aromatic ring is 1. The Balaban J connectivity index is 2.30. The Kier molecular flexibility index (Phi) is 4.68. The molecule has 0 spiro atoms. The van der Waals surface area contributed by atoms with E-state index in [1.807, 2.05) is 4.57 Å². The van der Waals surface area contributed by atoms with Gasteiger partial charge in [-0.2, -0.15) is 0 Å². The third-order valence-electron chi connectivity index (χ3n) is 3.30. The van der Waals surface area contributed by atoms with E-state index in [1.54, 1.807) is 13.3 Å². The first-order valence-electron chi connectivity index (χ1n) is 6.91. The lowest BCUT2D eigenvalue weighted by atomic mass is 10.1. The number of fused-ring (bicyclic) bond motifs is 1.